The molecule has 69 heavy (non-hydrogen) atoms. The van der Waals surface area contributed by atoms with Crippen molar-refractivity contribution in [2.24, 2.45) is 0 Å². The molecule has 0 spiro atoms. The molecule has 0 unspecified atom stereocenters. The van der Waals surface area contributed by atoms with Gasteiger partial charge in [0.05, 0.1) is 33.3 Å². The van der Waals surface area contributed by atoms with Gasteiger partial charge >= 0.3 is 0 Å². The summed E-state index contributed by atoms with van der Waals surface area (Å²) < 4.78 is 11.6. The van der Waals surface area contributed by atoms with Gasteiger partial charge in [0.15, 0.2) is 11.6 Å². The van der Waals surface area contributed by atoms with Gasteiger partial charge in [0, 0.05) is 43.4 Å². The van der Waals surface area contributed by atoms with Gasteiger partial charge in [0.25, 0.3) is 0 Å². The van der Waals surface area contributed by atoms with Gasteiger partial charge in [-0.2, -0.15) is 9.97 Å². The first-order valence-corrected chi connectivity index (χ1v) is 23.3. The van der Waals surface area contributed by atoms with E-state index >= 15 is 0 Å². The Hall–Kier alpha value is -9.39. The first-order valence-electron chi connectivity index (χ1n) is 23.3. The molecule has 0 atom stereocenters. The van der Waals surface area contributed by atoms with Gasteiger partial charge in [0.1, 0.15) is 11.2 Å². The van der Waals surface area contributed by atoms with Crippen molar-refractivity contribution in [2.45, 2.75) is 0 Å². The molecule has 0 N–H and O–H groups in total. The Bertz CT molecular complexity index is 4290. The molecule has 4 aromatic heterocycles. The lowest BCUT2D eigenvalue weighted by atomic mass is 9.97. The minimum absolute atomic E-state index is 0.509. The van der Waals surface area contributed by atoms with Crippen LogP contribution in [0.25, 0.3) is 133 Å². The zero-order valence-corrected chi connectivity index (χ0v) is 37.2. The summed E-state index contributed by atoms with van der Waals surface area (Å²) in [6.45, 7) is 0. The molecule has 4 heterocycles. The fourth-order valence-electron chi connectivity index (χ4n) is 10.5. The van der Waals surface area contributed by atoms with Gasteiger partial charge in [-0.3, -0.25) is 4.57 Å². The van der Waals surface area contributed by atoms with Gasteiger partial charge in [-0.25, -0.2) is 4.98 Å². The van der Waals surface area contributed by atoms with E-state index in [1.165, 1.54) is 5.56 Å². The summed E-state index contributed by atoms with van der Waals surface area (Å²) in [5.74, 6) is 1.59. The van der Waals surface area contributed by atoms with Crippen molar-refractivity contribution in [1.82, 2.24) is 24.1 Å². The van der Waals surface area contributed by atoms with Gasteiger partial charge in [-0.05, 0) is 64.2 Å². The largest absolute Gasteiger partial charge is 0.455 e. The van der Waals surface area contributed by atoms with Crippen LogP contribution in [-0.2, 0) is 0 Å². The van der Waals surface area contributed by atoms with E-state index in [4.69, 9.17) is 19.4 Å². The van der Waals surface area contributed by atoms with E-state index in [9.17, 15) is 0 Å². The highest BCUT2D eigenvalue weighted by atomic mass is 16.3. The number of aromatic nitrogens is 5. The molecular formula is C63H39N5O. The van der Waals surface area contributed by atoms with Crippen LogP contribution in [0.15, 0.2) is 241 Å². The lowest BCUT2D eigenvalue weighted by Crippen LogP contribution is -2.07. The van der Waals surface area contributed by atoms with Gasteiger partial charge in [-0.1, -0.05) is 200 Å². The van der Waals surface area contributed by atoms with Gasteiger partial charge < -0.3 is 8.98 Å². The van der Waals surface area contributed by atoms with E-state index in [1.807, 2.05) is 30.3 Å². The number of para-hydroxylation sites is 3. The quantitative estimate of drug-likeness (QED) is 0.160. The van der Waals surface area contributed by atoms with Crippen LogP contribution in [0, 0.1) is 0 Å². The van der Waals surface area contributed by atoms with E-state index < -0.39 is 0 Å². The molecule has 6 nitrogen and oxygen atoms in total. The molecule has 6 heteroatoms. The maximum Gasteiger partial charge on any atom is 0.238 e. The predicted molar refractivity (Wildman–Crippen MR) is 283 cm³/mol. The highest BCUT2D eigenvalue weighted by Crippen LogP contribution is 2.45. The second-order valence-corrected chi connectivity index (χ2v) is 17.5. The summed E-state index contributed by atoms with van der Waals surface area (Å²) >= 11 is 0. The fraction of sp³-hybridized carbons (Fsp3) is 0. The van der Waals surface area contributed by atoms with Crippen LogP contribution in [0.2, 0.25) is 0 Å². The van der Waals surface area contributed by atoms with Crippen LogP contribution >= 0.6 is 0 Å². The Balaban J connectivity index is 1.09. The van der Waals surface area contributed by atoms with Crippen molar-refractivity contribution in [3.05, 3.63) is 237 Å². The maximum atomic E-state index is 6.85. The van der Waals surface area contributed by atoms with Crippen LogP contribution in [0.1, 0.15) is 0 Å². The van der Waals surface area contributed by atoms with Crippen LogP contribution in [-0.4, -0.2) is 24.1 Å². The Labute approximate surface area is 396 Å². The molecule has 0 aliphatic heterocycles. The first-order chi connectivity index (χ1) is 34.2. The second kappa shape index (κ2) is 15.6. The summed E-state index contributed by atoms with van der Waals surface area (Å²) in [5.41, 5.74) is 15.3. The summed E-state index contributed by atoms with van der Waals surface area (Å²) in [7, 11) is 0. The number of hydrogen-bond donors (Lipinski definition) is 0. The molecule has 0 bridgehead atoms. The van der Waals surface area contributed by atoms with Crippen molar-refractivity contribution < 1.29 is 4.42 Å². The third-order valence-electron chi connectivity index (χ3n) is 13.6. The Kier molecular flexibility index (Phi) is 8.79. The van der Waals surface area contributed by atoms with E-state index in [2.05, 4.69) is 215 Å². The minimum Gasteiger partial charge on any atom is -0.455 e. The van der Waals surface area contributed by atoms with Crippen LogP contribution in [0.4, 0.5) is 0 Å². The van der Waals surface area contributed by atoms with E-state index in [1.54, 1.807) is 0 Å². The number of furan rings is 1. The summed E-state index contributed by atoms with van der Waals surface area (Å²) in [5, 5.41) is 6.55. The number of hydrogen-bond acceptors (Lipinski definition) is 4. The second-order valence-electron chi connectivity index (χ2n) is 17.5. The third-order valence-corrected chi connectivity index (χ3v) is 13.6. The van der Waals surface area contributed by atoms with E-state index in [0.29, 0.717) is 17.6 Å². The van der Waals surface area contributed by atoms with Crippen LogP contribution in [0.5, 0.6) is 0 Å². The molecule has 0 saturated heterocycles. The predicted octanol–water partition coefficient (Wildman–Crippen LogP) is 16.3. The highest BCUT2D eigenvalue weighted by molar-refractivity contribution is 6.24. The molecule has 14 rings (SSSR count). The van der Waals surface area contributed by atoms with Crippen LogP contribution < -0.4 is 0 Å². The molecule has 0 saturated carbocycles. The fourth-order valence-corrected chi connectivity index (χ4v) is 10.5. The Morgan fingerprint density at radius 3 is 1.52 bits per heavy atom. The number of nitrogens with zero attached hydrogens (tertiary/aromatic N) is 5. The zero-order valence-electron chi connectivity index (χ0n) is 37.2. The topological polar surface area (TPSA) is 61.7 Å². The minimum atomic E-state index is 0.509. The van der Waals surface area contributed by atoms with E-state index in [-0.39, 0.29) is 0 Å². The Morgan fingerprint density at radius 2 is 0.841 bits per heavy atom. The van der Waals surface area contributed by atoms with Crippen molar-refractivity contribution in [1.29, 1.82) is 0 Å². The number of benzene rings is 10. The smallest absolute Gasteiger partial charge is 0.238 e. The summed E-state index contributed by atoms with van der Waals surface area (Å²) in [4.78, 5) is 16.2. The molecule has 0 aliphatic rings. The highest BCUT2D eigenvalue weighted by Gasteiger charge is 2.26. The lowest BCUT2D eigenvalue weighted by molar-refractivity contribution is 0.669. The monoisotopic (exact) mass is 881 g/mol. The van der Waals surface area contributed by atoms with Crippen molar-refractivity contribution in [2.75, 3.05) is 0 Å². The molecule has 322 valence electrons. The van der Waals surface area contributed by atoms with Crippen molar-refractivity contribution in [3.63, 3.8) is 0 Å². The summed E-state index contributed by atoms with van der Waals surface area (Å²) in [6, 6.07) is 83.3. The standard InChI is InChI=1S/C63H39N5O/c1-5-19-40(20-6-1)44-35-38-55(52(39-44)42-23-9-3-10-24-42)67-53-32-15-13-27-46(53)48-36-37-49-47-28-14-16-33-54(47)68(59(49)58(48)67)63-65-61(43-25-11-4-12-26-43)64-62(66-63)51-31-17-30-50-57-45(41-21-7-2-8-22-41)29-18-34-56(57)69-60(50)51/h1-39H. The van der Waals surface area contributed by atoms with Gasteiger partial charge in [0.2, 0.25) is 5.95 Å². The third kappa shape index (κ3) is 6.16. The van der Waals surface area contributed by atoms with Crippen molar-refractivity contribution in [3.8, 4) is 67.8 Å². The molecule has 0 fully saturated rings. The molecular weight excluding hydrogens is 843 g/mol. The Morgan fingerprint density at radius 1 is 0.319 bits per heavy atom. The summed E-state index contributed by atoms with van der Waals surface area (Å²) in [6.07, 6.45) is 0. The van der Waals surface area contributed by atoms with Crippen molar-refractivity contribution >= 4 is 65.6 Å². The molecule has 0 radical (unpaired) electrons. The molecule has 14 aromatic rings. The first kappa shape index (κ1) is 38.8. The number of fused-ring (bicyclic) bond motifs is 10. The molecule has 10 aromatic carbocycles. The molecule has 0 amide bonds. The number of rotatable bonds is 7. The maximum absolute atomic E-state index is 6.85. The average Bonchev–Trinajstić information content (AvgIpc) is 4.10. The molecule has 0 aliphatic carbocycles. The normalized spacial score (nSPS) is 11.8. The van der Waals surface area contributed by atoms with Crippen LogP contribution in [0.3, 0.4) is 0 Å². The zero-order chi connectivity index (χ0) is 45.4. The lowest BCUT2D eigenvalue weighted by Gasteiger charge is -2.17. The SMILES string of the molecule is c1ccc(-c2ccc(-n3c4ccccc4c4ccc5c6ccccc6n(-c6nc(-c7ccccc7)nc(-c7cccc8c7oc7cccc(-c9ccccc9)c78)n6)c5c43)c(-c3ccccc3)c2)cc1. The average molecular weight is 882 g/mol. The van der Waals surface area contributed by atoms with E-state index in [0.717, 1.165) is 110 Å². The van der Waals surface area contributed by atoms with Gasteiger partial charge in [-0.15, -0.1) is 0 Å².